The molecule has 8 aromatic rings. The second-order valence-corrected chi connectivity index (χ2v) is 10.9. The molecule has 0 aliphatic carbocycles. The van der Waals surface area contributed by atoms with Crippen LogP contribution in [0.1, 0.15) is 0 Å². The molecule has 6 aromatic carbocycles. The quantitative estimate of drug-likeness (QED) is 0.226. The molecule has 2 aromatic heterocycles. The number of hydrogen-bond donors (Lipinski definition) is 0. The largest absolute Gasteiger partial charge is 0.310 e. The molecule has 0 amide bonds. The summed E-state index contributed by atoms with van der Waals surface area (Å²) in [6, 6.07) is 47.3. The highest BCUT2D eigenvalue weighted by Gasteiger charge is 2.40. The molecule has 0 bridgehead atoms. The van der Waals surface area contributed by atoms with Gasteiger partial charge in [0.05, 0.1) is 16.6 Å². The molecule has 0 atom stereocenters. The zero-order valence-electron chi connectivity index (χ0n) is 21.1. The fourth-order valence-corrected chi connectivity index (χ4v) is 7.61. The van der Waals surface area contributed by atoms with Crippen LogP contribution in [-0.2, 0) is 0 Å². The maximum Gasteiger partial charge on any atom is 0.252 e. The first kappa shape index (κ1) is 20.0. The third kappa shape index (κ3) is 2.31. The van der Waals surface area contributed by atoms with Crippen molar-refractivity contribution in [3.63, 3.8) is 0 Å². The Kier molecular flexibility index (Phi) is 3.54. The SMILES string of the molecule is c1ccc(-c2cc3c4c(c2)c2ccccc2n4-c2ccc4c5ccccc5n5c4c2B3c2ccccc2-5)cc1. The van der Waals surface area contributed by atoms with Gasteiger partial charge in [-0.3, -0.25) is 0 Å². The van der Waals surface area contributed by atoms with Crippen molar-refractivity contribution in [2.75, 3.05) is 0 Å². The Balaban J connectivity index is 1.48. The first-order chi connectivity index (χ1) is 19.4. The number of benzene rings is 6. The molecule has 0 saturated heterocycles. The lowest BCUT2D eigenvalue weighted by Crippen LogP contribution is -2.59. The van der Waals surface area contributed by atoms with Crippen molar-refractivity contribution in [2.24, 2.45) is 0 Å². The average molecular weight is 492 g/mol. The molecule has 0 spiro atoms. The van der Waals surface area contributed by atoms with Crippen molar-refractivity contribution < 1.29 is 0 Å². The number of aromatic nitrogens is 2. The number of nitrogens with zero attached hydrogens (tertiary/aromatic N) is 2. The molecule has 0 unspecified atom stereocenters. The third-order valence-electron chi connectivity index (χ3n) is 9.09. The highest BCUT2D eigenvalue weighted by molar-refractivity contribution is 7.00. The Morgan fingerprint density at radius 1 is 0.410 bits per heavy atom. The van der Waals surface area contributed by atoms with Gasteiger partial charge in [0.25, 0.3) is 6.71 Å². The normalized spacial score (nSPS) is 13.1. The highest BCUT2D eigenvalue weighted by atomic mass is 15.0. The van der Waals surface area contributed by atoms with E-state index in [0.717, 1.165) is 0 Å². The third-order valence-corrected chi connectivity index (χ3v) is 9.09. The van der Waals surface area contributed by atoms with Gasteiger partial charge in [0.15, 0.2) is 0 Å². The van der Waals surface area contributed by atoms with Crippen molar-refractivity contribution in [2.45, 2.75) is 0 Å². The number of rotatable bonds is 1. The molecule has 2 aliphatic heterocycles. The topological polar surface area (TPSA) is 9.86 Å². The van der Waals surface area contributed by atoms with E-state index in [1.54, 1.807) is 0 Å². The van der Waals surface area contributed by atoms with E-state index in [4.69, 9.17) is 0 Å². The van der Waals surface area contributed by atoms with E-state index in [0.29, 0.717) is 0 Å². The van der Waals surface area contributed by atoms with Gasteiger partial charge in [0, 0.05) is 38.4 Å². The van der Waals surface area contributed by atoms with Crippen LogP contribution in [0.25, 0.3) is 66.1 Å². The summed E-state index contributed by atoms with van der Waals surface area (Å²) in [7, 11) is 0. The molecule has 2 nitrogen and oxygen atoms in total. The van der Waals surface area contributed by atoms with Crippen LogP contribution < -0.4 is 16.4 Å². The fraction of sp³-hybridized carbons (Fsp3) is 0. The Labute approximate surface area is 225 Å². The summed E-state index contributed by atoms with van der Waals surface area (Å²) < 4.78 is 5.06. The zero-order valence-corrected chi connectivity index (χ0v) is 21.1. The molecule has 0 saturated carbocycles. The van der Waals surface area contributed by atoms with Gasteiger partial charge in [-0.15, -0.1) is 0 Å². The van der Waals surface area contributed by atoms with E-state index < -0.39 is 0 Å². The number of fused-ring (bicyclic) bond motifs is 11. The molecular formula is C36H21BN2. The van der Waals surface area contributed by atoms with Crippen LogP contribution >= 0.6 is 0 Å². The molecule has 2 aliphatic rings. The Hall–Kier alpha value is -5.02. The summed E-state index contributed by atoms with van der Waals surface area (Å²) in [6.45, 7) is 0.166. The predicted octanol–water partition coefficient (Wildman–Crippen LogP) is 6.69. The number of hydrogen-bond acceptors (Lipinski definition) is 0. The number of para-hydroxylation sites is 3. The summed E-state index contributed by atoms with van der Waals surface area (Å²) in [6.07, 6.45) is 0. The van der Waals surface area contributed by atoms with Crippen molar-refractivity contribution in [3.8, 4) is 22.5 Å². The van der Waals surface area contributed by atoms with E-state index in [-0.39, 0.29) is 6.71 Å². The van der Waals surface area contributed by atoms with Gasteiger partial charge in [0.2, 0.25) is 0 Å². The molecule has 3 heteroatoms. The minimum absolute atomic E-state index is 0.166. The van der Waals surface area contributed by atoms with E-state index in [2.05, 4.69) is 137 Å². The first-order valence-electron chi connectivity index (χ1n) is 13.7. The average Bonchev–Trinajstić information content (AvgIpc) is 3.52. The van der Waals surface area contributed by atoms with Crippen molar-refractivity contribution in [1.29, 1.82) is 0 Å². The van der Waals surface area contributed by atoms with Gasteiger partial charge < -0.3 is 9.13 Å². The van der Waals surface area contributed by atoms with Gasteiger partial charge in [-0.2, -0.15) is 0 Å². The standard InChI is InChI=1S/C36H21BN2/c1-2-10-22(11-3-1)23-20-27-25-13-5-8-16-31(25)39-33-19-18-26-24-12-4-7-15-30(24)38-32-17-9-6-14-28(32)37(34(33)36(26)38)29(21-23)35(27)39/h1-21H. The van der Waals surface area contributed by atoms with Gasteiger partial charge in [-0.1, -0.05) is 97.1 Å². The minimum Gasteiger partial charge on any atom is -0.310 e. The van der Waals surface area contributed by atoms with E-state index in [1.807, 2.05) is 0 Å². The lowest BCUT2D eigenvalue weighted by Gasteiger charge is -2.33. The van der Waals surface area contributed by atoms with Crippen LogP contribution in [0.4, 0.5) is 0 Å². The molecular weight excluding hydrogens is 471 g/mol. The molecule has 10 rings (SSSR count). The smallest absolute Gasteiger partial charge is 0.252 e. The van der Waals surface area contributed by atoms with Gasteiger partial charge in [-0.25, -0.2) is 0 Å². The van der Waals surface area contributed by atoms with Crippen molar-refractivity contribution in [3.05, 3.63) is 127 Å². The lowest BCUT2D eigenvalue weighted by molar-refractivity contribution is 1.16. The first-order valence-corrected chi connectivity index (χ1v) is 13.7. The lowest BCUT2D eigenvalue weighted by atomic mass is 9.34. The summed E-state index contributed by atoms with van der Waals surface area (Å²) in [4.78, 5) is 0. The molecule has 39 heavy (non-hydrogen) atoms. The second kappa shape index (κ2) is 6.89. The maximum atomic E-state index is 2.54. The minimum atomic E-state index is 0.166. The van der Waals surface area contributed by atoms with Crippen LogP contribution in [-0.4, -0.2) is 15.8 Å². The van der Waals surface area contributed by atoms with E-state index in [1.165, 1.54) is 82.5 Å². The summed E-state index contributed by atoms with van der Waals surface area (Å²) in [5.41, 5.74) is 14.6. The van der Waals surface area contributed by atoms with E-state index >= 15 is 0 Å². The molecule has 178 valence electrons. The monoisotopic (exact) mass is 492 g/mol. The molecule has 0 N–H and O–H groups in total. The van der Waals surface area contributed by atoms with Crippen LogP contribution in [0.5, 0.6) is 0 Å². The van der Waals surface area contributed by atoms with E-state index in [9.17, 15) is 0 Å². The fourth-order valence-electron chi connectivity index (χ4n) is 7.61. The second-order valence-electron chi connectivity index (χ2n) is 10.9. The van der Waals surface area contributed by atoms with Crippen LogP contribution in [0.3, 0.4) is 0 Å². The van der Waals surface area contributed by atoms with Gasteiger partial charge in [-0.05, 0) is 57.8 Å². The van der Waals surface area contributed by atoms with Gasteiger partial charge >= 0.3 is 0 Å². The molecule has 0 fully saturated rings. The van der Waals surface area contributed by atoms with Crippen LogP contribution in [0.2, 0.25) is 0 Å². The highest BCUT2D eigenvalue weighted by Crippen LogP contribution is 2.40. The summed E-state index contributed by atoms with van der Waals surface area (Å²) in [5.74, 6) is 0. The summed E-state index contributed by atoms with van der Waals surface area (Å²) in [5, 5.41) is 5.29. The van der Waals surface area contributed by atoms with Crippen molar-refractivity contribution >= 4 is 66.7 Å². The Bertz CT molecular complexity index is 2340. The zero-order chi connectivity index (χ0) is 25.2. The maximum absolute atomic E-state index is 2.54. The van der Waals surface area contributed by atoms with Crippen LogP contribution in [0.15, 0.2) is 127 Å². The predicted molar refractivity (Wildman–Crippen MR) is 165 cm³/mol. The summed E-state index contributed by atoms with van der Waals surface area (Å²) >= 11 is 0. The van der Waals surface area contributed by atoms with Gasteiger partial charge in [0.1, 0.15) is 0 Å². The van der Waals surface area contributed by atoms with Crippen molar-refractivity contribution in [1.82, 2.24) is 9.13 Å². The molecule has 0 radical (unpaired) electrons. The Morgan fingerprint density at radius 2 is 1.08 bits per heavy atom. The Morgan fingerprint density at radius 3 is 1.90 bits per heavy atom. The van der Waals surface area contributed by atoms with Crippen LogP contribution in [0, 0.1) is 0 Å². The molecule has 4 heterocycles.